The number of hydrogen-bond donors (Lipinski definition) is 1. The Kier molecular flexibility index (Phi) is 4.57. The Morgan fingerprint density at radius 2 is 2.05 bits per heavy atom. The average molecular weight is 395 g/mol. The van der Waals surface area contributed by atoms with Crippen molar-refractivity contribution in [2.24, 2.45) is 5.41 Å². The van der Waals surface area contributed by atoms with Gasteiger partial charge in [0.05, 0.1) is 0 Å². The van der Waals surface area contributed by atoms with E-state index >= 15 is 0 Å². The SMILES string of the molecule is Cc1cc(Br)ccc1NC(=O)COC(=O)C1(C)CC1(Cl)Cl. The third kappa shape index (κ3) is 3.52. The fourth-order valence-electron chi connectivity index (χ4n) is 1.87. The first-order valence-electron chi connectivity index (χ1n) is 6.27. The van der Waals surface area contributed by atoms with Gasteiger partial charge in [0.15, 0.2) is 6.61 Å². The molecule has 0 radical (unpaired) electrons. The number of benzene rings is 1. The highest BCUT2D eigenvalue weighted by atomic mass is 79.9. The minimum atomic E-state index is -1.09. The molecule has 2 rings (SSSR count). The monoisotopic (exact) mass is 393 g/mol. The van der Waals surface area contributed by atoms with Crippen LogP contribution in [0, 0.1) is 12.3 Å². The Bertz CT molecular complexity index is 606. The number of nitrogens with one attached hydrogen (secondary N) is 1. The normalized spacial score (nSPS) is 22.5. The van der Waals surface area contributed by atoms with Gasteiger partial charge in [-0.25, -0.2) is 0 Å². The van der Waals surface area contributed by atoms with Gasteiger partial charge >= 0.3 is 5.97 Å². The van der Waals surface area contributed by atoms with Crippen LogP contribution in [0.5, 0.6) is 0 Å². The zero-order valence-electron chi connectivity index (χ0n) is 11.5. The number of carbonyl (C=O) groups is 2. The molecular weight excluding hydrogens is 381 g/mol. The van der Waals surface area contributed by atoms with Crippen molar-refractivity contribution in [3.63, 3.8) is 0 Å². The van der Waals surface area contributed by atoms with Crippen LogP contribution in [0.15, 0.2) is 22.7 Å². The van der Waals surface area contributed by atoms with E-state index in [0.29, 0.717) is 12.1 Å². The highest BCUT2D eigenvalue weighted by Gasteiger charge is 2.69. The summed E-state index contributed by atoms with van der Waals surface area (Å²) in [5, 5.41) is 2.68. The number of carbonyl (C=O) groups excluding carboxylic acids is 2. The fraction of sp³-hybridized carbons (Fsp3) is 0.429. The summed E-state index contributed by atoms with van der Waals surface area (Å²) in [6, 6.07) is 5.46. The minimum absolute atomic E-state index is 0.329. The molecule has 1 atom stereocenters. The first kappa shape index (κ1) is 16.6. The summed E-state index contributed by atoms with van der Waals surface area (Å²) in [5.41, 5.74) is 0.642. The predicted octanol–water partition coefficient (Wildman–Crippen LogP) is 3.82. The molecule has 1 amide bonds. The van der Waals surface area contributed by atoms with Crippen molar-refractivity contribution in [3.8, 4) is 0 Å². The van der Waals surface area contributed by atoms with E-state index in [1.54, 1.807) is 13.0 Å². The molecule has 4 nitrogen and oxygen atoms in total. The molecule has 0 aromatic heterocycles. The second kappa shape index (κ2) is 5.78. The summed E-state index contributed by atoms with van der Waals surface area (Å²) < 4.78 is 4.80. The van der Waals surface area contributed by atoms with Gasteiger partial charge in [-0.05, 0) is 37.6 Å². The highest BCUT2D eigenvalue weighted by molar-refractivity contribution is 9.10. The van der Waals surface area contributed by atoms with Crippen molar-refractivity contribution in [1.29, 1.82) is 0 Å². The van der Waals surface area contributed by atoms with Crippen LogP contribution in [0.25, 0.3) is 0 Å². The van der Waals surface area contributed by atoms with E-state index < -0.39 is 21.6 Å². The molecule has 1 aromatic carbocycles. The number of rotatable bonds is 4. The maximum absolute atomic E-state index is 11.8. The van der Waals surface area contributed by atoms with E-state index in [-0.39, 0.29) is 6.61 Å². The summed E-state index contributed by atoms with van der Waals surface area (Å²) in [6.45, 7) is 3.12. The van der Waals surface area contributed by atoms with Crippen LogP contribution in [0.1, 0.15) is 18.9 Å². The van der Waals surface area contributed by atoms with Gasteiger partial charge in [0, 0.05) is 16.6 Å². The predicted molar refractivity (Wildman–Crippen MR) is 85.6 cm³/mol. The van der Waals surface area contributed by atoms with Gasteiger partial charge in [-0.1, -0.05) is 15.9 Å². The Morgan fingerprint density at radius 3 is 2.57 bits per heavy atom. The van der Waals surface area contributed by atoms with Crippen molar-refractivity contribution < 1.29 is 14.3 Å². The molecule has 1 aliphatic carbocycles. The summed E-state index contributed by atoms with van der Waals surface area (Å²) in [7, 11) is 0. The van der Waals surface area contributed by atoms with Crippen molar-refractivity contribution in [3.05, 3.63) is 28.2 Å². The van der Waals surface area contributed by atoms with E-state index in [9.17, 15) is 9.59 Å². The molecule has 0 heterocycles. The Hall–Kier alpha value is -0.780. The summed E-state index contributed by atoms with van der Waals surface area (Å²) in [4.78, 5) is 23.6. The molecule has 7 heteroatoms. The second-order valence-corrected chi connectivity index (χ2v) is 7.70. The summed E-state index contributed by atoms with van der Waals surface area (Å²) in [6.07, 6.45) is 0.329. The van der Waals surface area contributed by atoms with Gasteiger partial charge in [-0.15, -0.1) is 23.2 Å². The van der Waals surface area contributed by atoms with Gasteiger partial charge in [-0.2, -0.15) is 0 Å². The molecule has 0 bridgehead atoms. The van der Waals surface area contributed by atoms with Crippen molar-refractivity contribution in [2.45, 2.75) is 24.6 Å². The van der Waals surface area contributed by atoms with E-state index in [4.69, 9.17) is 27.9 Å². The number of halogens is 3. The first-order chi connectivity index (χ1) is 9.65. The van der Waals surface area contributed by atoms with E-state index in [0.717, 1.165) is 10.0 Å². The number of alkyl halides is 2. The molecule has 1 aromatic rings. The van der Waals surface area contributed by atoms with Crippen LogP contribution in [-0.2, 0) is 14.3 Å². The van der Waals surface area contributed by atoms with E-state index in [1.807, 2.05) is 19.1 Å². The van der Waals surface area contributed by atoms with Crippen molar-refractivity contribution in [2.75, 3.05) is 11.9 Å². The molecule has 1 aliphatic rings. The number of hydrogen-bond acceptors (Lipinski definition) is 3. The number of aryl methyl sites for hydroxylation is 1. The molecule has 1 unspecified atom stereocenters. The molecule has 0 aliphatic heterocycles. The van der Waals surface area contributed by atoms with Crippen molar-refractivity contribution >= 4 is 56.7 Å². The smallest absolute Gasteiger partial charge is 0.315 e. The van der Waals surface area contributed by atoms with E-state index in [2.05, 4.69) is 21.2 Å². The van der Waals surface area contributed by atoms with Gasteiger partial charge in [0.1, 0.15) is 9.75 Å². The van der Waals surface area contributed by atoms with Crippen LogP contribution in [0.3, 0.4) is 0 Å². The maximum atomic E-state index is 11.8. The number of anilines is 1. The lowest BCUT2D eigenvalue weighted by Gasteiger charge is -2.12. The zero-order chi connectivity index (χ0) is 15.8. The van der Waals surface area contributed by atoms with E-state index in [1.165, 1.54) is 0 Å². The number of ether oxygens (including phenoxy) is 1. The van der Waals surface area contributed by atoms with Crippen LogP contribution >= 0.6 is 39.1 Å². The standard InChI is InChI=1S/C14H14BrCl2NO3/c1-8-5-9(15)3-4-10(8)18-11(19)6-21-12(20)13(2)7-14(13,16)17/h3-5H,6-7H2,1-2H3,(H,18,19). The molecule has 0 spiro atoms. The average Bonchev–Trinajstić information content (AvgIpc) is 2.90. The largest absolute Gasteiger partial charge is 0.455 e. The third-order valence-corrected chi connectivity index (χ3v) is 5.10. The lowest BCUT2D eigenvalue weighted by Crippen LogP contribution is -2.27. The first-order valence-corrected chi connectivity index (χ1v) is 7.82. The lowest BCUT2D eigenvalue weighted by atomic mass is 10.1. The van der Waals surface area contributed by atoms with Gasteiger partial charge in [0.2, 0.25) is 0 Å². The fourth-order valence-corrected chi connectivity index (χ4v) is 3.03. The Balaban J connectivity index is 1.87. The van der Waals surface area contributed by atoms with Crippen LogP contribution in [0.2, 0.25) is 0 Å². The van der Waals surface area contributed by atoms with Crippen LogP contribution in [-0.4, -0.2) is 22.8 Å². The van der Waals surface area contributed by atoms with Gasteiger partial charge < -0.3 is 10.1 Å². The van der Waals surface area contributed by atoms with Crippen LogP contribution in [0.4, 0.5) is 5.69 Å². The summed E-state index contributed by atoms with van der Waals surface area (Å²) >= 11 is 15.1. The third-order valence-electron chi connectivity index (χ3n) is 3.51. The highest BCUT2D eigenvalue weighted by Crippen LogP contribution is 2.64. The van der Waals surface area contributed by atoms with Gasteiger partial charge in [-0.3, -0.25) is 9.59 Å². The maximum Gasteiger partial charge on any atom is 0.315 e. The van der Waals surface area contributed by atoms with Gasteiger partial charge in [0.25, 0.3) is 5.91 Å². The number of amides is 1. The molecule has 114 valence electrons. The second-order valence-electron chi connectivity index (χ2n) is 5.30. The van der Waals surface area contributed by atoms with Crippen LogP contribution < -0.4 is 5.32 Å². The van der Waals surface area contributed by atoms with Crippen molar-refractivity contribution in [1.82, 2.24) is 0 Å². The molecule has 1 N–H and O–H groups in total. The quantitative estimate of drug-likeness (QED) is 0.623. The molecule has 1 fully saturated rings. The molecular formula is C14H14BrCl2NO3. The Morgan fingerprint density at radius 1 is 1.43 bits per heavy atom. The number of esters is 1. The topological polar surface area (TPSA) is 55.4 Å². The molecule has 1 saturated carbocycles. The minimum Gasteiger partial charge on any atom is -0.455 e. The molecule has 21 heavy (non-hydrogen) atoms. The zero-order valence-corrected chi connectivity index (χ0v) is 14.6. The lowest BCUT2D eigenvalue weighted by molar-refractivity contribution is -0.152. The summed E-state index contributed by atoms with van der Waals surface area (Å²) in [5.74, 6) is -0.969. The Labute approximate surface area is 141 Å². The molecule has 0 saturated heterocycles.